The fraction of sp³-hybridized carbons (Fsp3) is 0.800. The van der Waals surface area contributed by atoms with Gasteiger partial charge < -0.3 is 4.90 Å². The number of aromatic amines is 1. The molecule has 0 amide bonds. The Bertz CT molecular complexity index is 722. The number of hydrogen-bond donors (Lipinski definition) is 1. The summed E-state index contributed by atoms with van der Waals surface area (Å²) < 4.78 is 0. The Hall–Kier alpha value is -1.72. The van der Waals surface area contributed by atoms with Crippen molar-refractivity contribution in [1.29, 1.82) is 0 Å². The smallest absolute Gasteiger partial charge is 0.179 e. The monoisotopic (exact) mass is 358 g/mol. The third-order valence-corrected chi connectivity index (χ3v) is 5.29. The Labute approximate surface area is 157 Å². The molecule has 1 aromatic heterocycles. The summed E-state index contributed by atoms with van der Waals surface area (Å²) in [5.41, 5.74) is 3.01. The number of tetrazole rings is 1. The van der Waals surface area contributed by atoms with Crippen LogP contribution in [0, 0.1) is 16.2 Å². The van der Waals surface area contributed by atoms with Crippen LogP contribution >= 0.6 is 0 Å². The van der Waals surface area contributed by atoms with Gasteiger partial charge in [0, 0.05) is 23.6 Å². The summed E-state index contributed by atoms with van der Waals surface area (Å²) in [6, 6.07) is 0.187. The zero-order chi connectivity index (χ0) is 19.5. The number of aliphatic imine (C=N–C) groups is 1. The van der Waals surface area contributed by atoms with Gasteiger partial charge >= 0.3 is 0 Å². The lowest BCUT2D eigenvalue weighted by molar-refractivity contribution is 0.285. The number of H-pyrrole nitrogens is 1. The second-order valence-corrected chi connectivity index (χ2v) is 10.9. The molecule has 2 aliphatic heterocycles. The summed E-state index contributed by atoms with van der Waals surface area (Å²) in [6.07, 6.45) is 0.952. The van der Waals surface area contributed by atoms with Gasteiger partial charge in [-0.1, -0.05) is 67.5 Å². The van der Waals surface area contributed by atoms with Crippen LogP contribution in [0.3, 0.4) is 0 Å². The highest BCUT2D eigenvalue weighted by Gasteiger charge is 2.47. The standard InChI is InChI=1S/C20H34N6/c1-18(2,3)14-13-10-12(16-22-24-25-23-16)11-26(13)17(20(7,8)9)21-15(14)19(4,5)6/h12,15H,10-11H2,1-9H3,(H,22,23,24,25). The zero-order valence-corrected chi connectivity index (χ0v) is 17.8. The first-order valence-corrected chi connectivity index (χ1v) is 9.63. The molecule has 26 heavy (non-hydrogen) atoms. The fourth-order valence-corrected chi connectivity index (χ4v) is 4.21. The summed E-state index contributed by atoms with van der Waals surface area (Å²) in [6.45, 7) is 21.5. The lowest BCUT2D eigenvalue weighted by Gasteiger charge is -2.45. The molecule has 2 unspecified atom stereocenters. The summed E-state index contributed by atoms with van der Waals surface area (Å²) in [5, 5.41) is 14.9. The Morgan fingerprint density at radius 3 is 2.08 bits per heavy atom. The fourth-order valence-electron chi connectivity index (χ4n) is 4.21. The molecule has 6 nitrogen and oxygen atoms in total. The van der Waals surface area contributed by atoms with E-state index in [1.54, 1.807) is 0 Å². The van der Waals surface area contributed by atoms with Crippen LogP contribution in [0.15, 0.2) is 16.3 Å². The molecule has 1 N–H and O–H groups in total. The molecular formula is C20H34N6. The Morgan fingerprint density at radius 2 is 1.62 bits per heavy atom. The summed E-state index contributed by atoms with van der Waals surface area (Å²) in [5.74, 6) is 2.25. The Balaban J connectivity index is 2.17. The van der Waals surface area contributed by atoms with Crippen LogP contribution in [0.2, 0.25) is 0 Å². The van der Waals surface area contributed by atoms with Crippen LogP contribution in [0.25, 0.3) is 0 Å². The number of nitrogens with zero attached hydrogens (tertiary/aromatic N) is 5. The number of allylic oxidation sites excluding steroid dienone is 1. The van der Waals surface area contributed by atoms with Crippen molar-refractivity contribution in [3.8, 4) is 0 Å². The maximum atomic E-state index is 5.35. The minimum Gasteiger partial charge on any atom is -0.333 e. The maximum Gasteiger partial charge on any atom is 0.179 e. The van der Waals surface area contributed by atoms with Crippen LogP contribution < -0.4 is 0 Å². The quantitative estimate of drug-likeness (QED) is 0.818. The van der Waals surface area contributed by atoms with Crippen molar-refractivity contribution in [2.45, 2.75) is 80.7 Å². The van der Waals surface area contributed by atoms with Gasteiger partial charge in [-0.15, -0.1) is 10.2 Å². The van der Waals surface area contributed by atoms with Gasteiger partial charge in [0.15, 0.2) is 5.82 Å². The summed E-state index contributed by atoms with van der Waals surface area (Å²) in [4.78, 5) is 7.80. The molecule has 3 heterocycles. The number of fused-ring (bicyclic) bond motifs is 1. The molecule has 1 fully saturated rings. The minimum absolute atomic E-state index is 0.00962. The van der Waals surface area contributed by atoms with Crippen LogP contribution in [0.5, 0.6) is 0 Å². The molecule has 2 aliphatic rings. The first-order chi connectivity index (χ1) is 11.8. The van der Waals surface area contributed by atoms with Gasteiger partial charge in [-0.3, -0.25) is 4.99 Å². The molecule has 3 rings (SSSR count). The molecule has 1 aromatic rings. The summed E-state index contributed by atoms with van der Waals surface area (Å²) >= 11 is 0. The molecule has 0 aromatic carbocycles. The number of amidine groups is 1. The number of hydrogen-bond acceptors (Lipinski definition) is 5. The van der Waals surface area contributed by atoms with Gasteiger partial charge in [0.05, 0.1) is 6.04 Å². The summed E-state index contributed by atoms with van der Waals surface area (Å²) in [7, 11) is 0. The van der Waals surface area contributed by atoms with E-state index in [0.717, 1.165) is 18.8 Å². The van der Waals surface area contributed by atoms with E-state index in [1.165, 1.54) is 17.1 Å². The van der Waals surface area contributed by atoms with Gasteiger partial charge in [-0.05, 0) is 22.8 Å². The van der Waals surface area contributed by atoms with Crippen LogP contribution in [-0.2, 0) is 0 Å². The highest BCUT2D eigenvalue weighted by Crippen LogP contribution is 2.49. The minimum atomic E-state index is -0.00962. The maximum absolute atomic E-state index is 5.35. The van der Waals surface area contributed by atoms with E-state index in [-0.39, 0.29) is 28.2 Å². The van der Waals surface area contributed by atoms with E-state index in [4.69, 9.17) is 4.99 Å². The molecule has 6 heteroatoms. The van der Waals surface area contributed by atoms with Crippen molar-refractivity contribution < 1.29 is 0 Å². The first-order valence-electron chi connectivity index (χ1n) is 9.63. The molecule has 0 saturated carbocycles. The van der Waals surface area contributed by atoms with Crippen molar-refractivity contribution in [3.63, 3.8) is 0 Å². The molecule has 2 atom stereocenters. The topological polar surface area (TPSA) is 70.1 Å². The van der Waals surface area contributed by atoms with Crippen molar-refractivity contribution in [2.75, 3.05) is 6.54 Å². The normalized spacial score (nSPS) is 24.8. The lowest BCUT2D eigenvalue weighted by Crippen LogP contribution is -2.46. The van der Waals surface area contributed by atoms with Crippen LogP contribution in [0.4, 0.5) is 0 Å². The van der Waals surface area contributed by atoms with Gasteiger partial charge in [0.25, 0.3) is 0 Å². The Morgan fingerprint density at radius 1 is 0.962 bits per heavy atom. The van der Waals surface area contributed by atoms with Gasteiger partial charge in [-0.2, -0.15) is 5.21 Å². The second-order valence-electron chi connectivity index (χ2n) is 10.9. The second kappa shape index (κ2) is 5.89. The van der Waals surface area contributed by atoms with Crippen molar-refractivity contribution in [2.24, 2.45) is 21.2 Å². The average molecular weight is 359 g/mol. The molecular weight excluding hydrogens is 324 g/mol. The van der Waals surface area contributed by atoms with Crippen LogP contribution in [0.1, 0.15) is 80.5 Å². The van der Waals surface area contributed by atoms with E-state index < -0.39 is 0 Å². The highest BCUT2D eigenvalue weighted by atomic mass is 15.5. The van der Waals surface area contributed by atoms with Crippen molar-refractivity contribution in [1.82, 2.24) is 25.5 Å². The third kappa shape index (κ3) is 3.30. The van der Waals surface area contributed by atoms with E-state index in [2.05, 4.69) is 87.8 Å². The van der Waals surface area contributed by atoms with E-state index >= 15 is 0 Å². The molecule has 1 saturated heterocycles. The van der Waals surface area contributed by atoms with Crippen molar-refractivity contribution in [3.05, 3.63) is 17.1 Å². The van der Waals surface area contributed by atoms with E-state index in [1.807, 2.05) is 0 Å². The molecule has 0 radical (unpaired) electrons. The van der Waals surface area contributed by atoms with Crippen LogP contribution in [-0.4, -0.2) is 43.9 Å². The number of nitrogens with one attached hydrogen (secondary N) is 1. The third-order valence-electron chi connectivity index (χ3n) is 5.29. The molecule has 0 aliphatic carbocycles. The van der Waals surface area contributed by atoms with Gasteiger partial charge in [0.1, 0.15) is 5.84 Å². The SMILES string of the molecule is CC(C)(C)C1=NC(C(C)(C)C)C(C(C)(C)C)=C2CC(c3nn[nH]n3)CN12. The first kappa shape index (κ1) is 19.1. The number of rotatable bonds is 1. The lowest BCUT2D eigenvalue weighted by atomic mass is 9.70. The zero-order valence-electron chi connectivity index (χ0n) is 17.8. The molecule has 0 spiro atoms. The average Bonchev–Trinajstić information content (AvgIpc) is 3.11. The predicted molar refractivity (Wildman–Crippen MR) is 105 cm³/mol. The van der Waals surface area contributed by atoms with E-state index in [9.17, 15) is 0 Å². The molecule has 0 bridgehead atoms. The Kier molecular flexibility index (Phi) is 4.32. The number of aromatic nitrogens is 4. The van der Waals surface area contributed by atoms with Gasteiger partial charge in [-0.25, -0.2) is 0 Å². The van der Waals surface area contributed by atoms with Gasteiger partial charge in [0.2, 0.25) is 0 Å². The largest absolute Gasteiger partial charge is 0.333 e. The van der Waals surface area contributed by atoms with Crippen molar-refractivity contribution >= 4 is 5.84 Å². The molecule has 144 valence electrons. The highest BCUT2D eigenvalue weighted by molar-refractivity contribution is 5.90. The predicted octanol–water partition coefficient (Wildman–Crippen LogP) is 4.16. The van der Waals surface area contributed by atoms with E-state index in [0.29, 0.717) is 0 Å².